The van der Waals surface area contributed by atoms with Crippen LogP contribution >= 0.6 is 11.8 Å². The number of carbonyl (C=O) groups excluding carboxylic acids is 1. The van der Waals surface area contributed by atoms with Gasteiger partial charge in [-0.2, -0.15) is 0 Å². The Labute approximate surface area is 118 Å². The molecule has 0 bridgehead atoms. The molecule has 1 aromatic carbocycles. The van der Waals surface area contributed by atoms with Crippen molar-refractivity contribution in [2.45, 2.75) is 17.4 Å². The summed E-state index contributed by atoms with van der Waals surface area (Å²) in [7, 11) is 0. The van der Waals surface area contributed by atoms with Crippen LogP contribution in [0.4, 0.5) is 0 Å². The van der Waals surface area contributed by atoms with Gasteiger partial charge in [0.1, 0.15) is 0 Å². The zero-order chi connectivity index (χ0) is 13.5. The molecule has 4 nitrogen and oxygen atoms in total. The Balaban J connectivity index is 1.57. The maximum absolute atomic E-state index is 11.7. The van der Waals surface area contributed by atoms with Crippen molar-refractivity contribution in [3.8, 4) is 0 Å². The van der Waals surface area contributed by atoms with Crippen LogP contribution in [-0.4, -0.2) is 48.8 Å². The zero-order valence-corrected chi connectivity index (χ0v) is 11.9. The van der Waals surface area contributed by atoms with E-state index in [4.69, 9.17) is 5.73 Å². The van der Waals surface area contributed by atoms with E-state index in [1.54, 1.807) is 11.8 Å². The first kappa shape index (κ1) is 14.4. The smallest absolute Gasteiger partial charge is 0.234 e. The van der Waals surface area contributed by atoms with Gasteiger partial charge in [-0.05, 0) is 18.6 Å². The fraction of sp³-hybridized carbons (Fsp3) is 0.500. The van der Waals surface area contributed by atoms with E-state index >= 15 is 0 Å². The van der Waals surface area contributed by atoms with Crippen LogP contribution in [0.3, 0.4) is 0 Å². The highest BCUT2D eigenvalue weighted by Crippen LogP contribution is 2.15. The summed E-state index contributed by atoms with van der Waals surface area (Å²) in [6, 6.07) is 10.5. The Morgan fingerprint density at radius 2 is 2.21 bits per heavy atom. The van der Waals surface area contributed by atoms with Crippen LogP contribution in [0.25, 0.3) is 0 Å². The molecule has 1 fully saturated rings. The molecule has 1 atom stereocenters. The quantitative estimate of drug-likeness (QED) is 0.601. The van der Waals surface area contributed by atoms with Crippen molar-refractivity contribution in [3.05, 3.63) is 30.3 Å². The summed E-state index contributed by atoms with van der Waals surface area (Å²) in [5.41, 5.74) is 5.81. The molecule has 2 rings (SSSR count). The average Bonchev–Trinajstić information content (AvgIpc) is 2.81. The van der Waals surface area contributed by atoms with Crippen molar-refractivity contribution in [1.82, 2.24) is 10.2 Å². The third-order valence-corrected chi connectivity index (χ3v) is 4.13. The molecule has 0 aromatic heterocycles. The molecule has 0 aliphatic carbocycles. The third-order valence-electron chi connectivity index (χ3n) is 3.11. The molecule has 1 aliphatic rings. The van der Waals surface area contributed by atoms with Gasteiger partial charge in [-0.25, -0.2) is 0 Å². The number of carbonyl (C=O) groups is 1. The number of hydrogen-bond donors (Lipinski definition) is 2. The molecule has 0 radical (unpaired) electrons. The number of nitrogens with one attached hydrogen (secondary N) is 1. The van der Waals surface area contributed by atoms with Crippen molar-refractivity contribution in [2.24, 2.45) is 5.73 Å². The summed E-state index contributed by atoms with van der Waals surface area (Å²) < 4.78 is 0. The highest BCUT2D eigenvalue weighted by Gasteiger charge is 2.20. The van der Waals surface area contributed by atoms with E-state index < -0.39 is 0 Å². The maximum Gasteiger partial charge on any atom is 0.234 e. The zero-order valence-electron chi connectivity index (χ0n) is 11.0. The number of benzene rings is 1. The van der Waals surface area contributed by atoms with Gasteiger partial charge in [0.15, 0.2) is 0 Å². The third kappa shape index (κ3) is 5.22. The van der Waals surface area contributed by atoms with Gasteiger partial charge in [-0.3, -0.25) is 9.69 Å². The largest absolute Gasteiger partial charge is 0.354 e. The maximum atomic E-state index is 11.7. The lowest BCUT2D eigenvalue weighted by atomic mass is 10.3. The molecule has 1 heterocycles. The minimum Gasteiger partial charge on any atom is -0.354 e. The highest BCUT2D eigenvalue weighted by molar-refractivity contribution is 7.99. The Kier molecular flexibility index (Phi) is 5.69. The highest BCUT2D eigenvalue weighted by atomic mass is 32.2. The minimum atomic E-state index is 0.0998. The van der Waals surface area contributed by atoms with Crippen molar-refractivity contribution < 1.29 is 4.79 Å². The standard InChI is InChI=1S/C14H21N3OS/c15-12-6-8-17(10-12)11-14(18)16-7-9-19-13-4-2-1-3-5-13/h1-5,12H,6-11,15H2,(H,16,18)/t12-/m0/s1. The van der Waals surface area contributed by atoms with Gasteiger partial charge in [-0.15, -0.1) is 11.8 Å². The van der Waals surface area contributed by atoms with Crippen LogP contribution < -0.4 is 11.1 Å². The van der Waals surface area contributed by atoms with Gasteiger partial charge < -0.3 is 11.1 Å². The van der Waals surface area contributed by atoms with Crippen LogP contribution in [0, 0.1) is 0 Å². The summed E-state index contributed by atoms with van der Waals surface area (Å²) in [5.74, 6) is 0.998. The Bertz CT molecular complexity index is 399. The number of nitrogens with two attached hydrogens (primary N) is 1. The van der Waals surface area contributed by atoms with Gasteiger partial charge in [-0.1, -0.05) is 18.2 Å². The van der Waals surface area contributed by atoms with Gasteiger partial charge in [0.2, 0.25) is 5.91 Å². The molecule has 1 aliphatic heterocycles. The number of thioether (sulfide) groups is 1. The molecule has 1 aromatic rings. The van der Waals surface area contributed by atoms with Crippen molar-refractivity contribution in [2.75, 3.05) is 31.9 Å². The lowest BCUT2D eigenvalue weighted by molar-refractivity contribution is -0.121. The first-order valence-corrected chi connectivity index (χ1v) is 7.65. The molecule has 19 heavy (non-hydrogen) atoms. The fourth-order valence-electron chi connectivity index (χ4n) is 2.14. The second kappa shape index (κ2) is 7.53. The first-order valence-electron chi connectivity index (χ1n) is 6.66. The topological polar surface area (TPSA) is 58.4 Å². The Morgan fingerprint density at radius 1 is 1.42 bits per heavy atom. The molecule has 1 amide bonds. The molecule has 3 N–H and O–H groups in total. The monoisotopic (exact) mass is 279 g/mol. The molecular formula is C14H21N3OS. The van der Waals surface area contributed by atoms with Crippen LogP contribution in [0.5, 0.6) is 0 Å². The summed E-state index contributed by atoms with van der Waals surface area (Å²) in [5, 5.41) is 2.95. The Morgan fingerprint density at radius 3 is 2.89 bits per heavy atom. The number of nitrogens with zero attached hydrogens (tertiary/aromatic N) is 1. The van der Waals surface area contributed by atoms with E-state index in [9.17, 15) is 4.79 Å². The van der Waals surface area contributed by atoms with E-state index in [-0.39, 0.29) is 11.9 Å². The van der Waals surface area contributed by atoms with Crippen molar-refractivity contribution in [1.29, 1.82) is 0 Å². The second-order valence-electron chi connectivity index (χ2n) is 4.80. The molecule has 104 valence electrons. The Hall–Kier alpha value is -1.04. The predicted octanol–water partition coefficient (Wildman–Crippen LogP) is 0.928. The van der Waals surface area contributed by atoms with Crippen LogP contribution in [0.2, 0.25) is 0 Å². The summed E-state index contributed by atoms with van der Waals surface area (Å²) in [4.78, 5) is 15.1. The predicted molar refractivity (Wildman–Crippen MR) is 79.2 cm³/mol. The van der Waals surface area contributed by atoms with Gasteiger partial charge in [0.25, 0.3) is 0 Å². The fourth-order valence-corrected chi connectivity index (χ4v) is 2.93. The SMILES string of the molecule is N[C@H]1CCN(CC(=O)NCCSc2ccccc2)C1. The van der Waals surface area contributed by atoms with Crippen molar-refractivity contribution >= 4 is 17.7 Å². The minimum absolute atomic E-state index is 0.0998. The normalized spacial score (nSPS) is 19.5. The number of hydrogen-bond acceptors (Lipinski definition) is 4. The molecule has 0 spiro atoms. The lowest BCUT2D eigenvalue weighted by Crippen LogP contribution is -2.38. The van der Waals surface area contributed by atoms with Gasteiger partial charge in [0, 0.05) is 36.3 Å². The van der Waals surface area contributed by atoms with Gasteiger partial charge in [0.05, 0.1) is 6.54 Å². The molecule has 0 unspecified atom stereocenters. The second-order valence-corrected chi connectivity index (χ2v) is 5.96. The average molecular weight is 279 g/mol. The number of amides is 1. The van der Waals surface area contributed by atoms with Crippen LogP contribution in [-0.2, 0) is 4.79 Å². The van der Waals surface area contributed by atoms with Crippen LogP contribution in [0.15, 0.2) is 35.2 Å². The number of rotatable bonds is 6. The van der Waals surface area contributed by atoms with E-state index in [1.807, 2.05) is 18.2 Å². The summed E-state index contributed by atoms with van der Waals surface area (Å²) in [6.07, 6.45) is 0.997. The van der Waals surface area contributed by atoms with E-state index in [1.165, 1.54) is 4.90 Å². The molecule has 5 heteroatoms. The van der Waals surface area contributed by atoms with Crippen molar-refractivity contribution in [3.63, 3.8) is 0 Å². The molecule has 1 saturated heterocycles. The van der Waals surface area contributed by atoms with E-state index in [2.05, 4.69) is 22.3 Å². The molecule has 0 saturated carbocycles. The van der Waals surface area contributed by atoms with Crippen LogP contribution in [0.1, 0.15) is 6.42 Å². The van der Waals surface area contributed by atoms with Gasteiger partial charge >= 0.3 is 0 Å². The van der Waals surface area contributed by atoms with E-state index in [0.717, 1.165) is 25.3 Å². The number of likely N-dealkylation sites (tertiary alicyclic amines) is 1. The summed E-state index contributed by atoms with van der Waals surface area (Å²) >= 11 is 1.76. The molecular weight excluding hydrogens is 258 g/mol. The van der Waals surface area contributed by atoms with E-state index in [0.29, 0.717) is 13.1 Å². The summed E-state index contributed by atoms with van der Waals surface area (Å²) in [6.45, 7) is 2.96. The first-order chi connectivity index (χ1) is 9.24. The lowest BCUT2D eigenvalue weighted by Gasteiger charge is -2.14.